The van der Waals surface area contributed by atoms with Gasteiger partial charge in [-0.3, -0.25) is 9.59 Å². The molecule has 2 aromatic rings. The van der Waals surface area contributed by atoms with Crippen molar-refractivity contribution in [3.8, 4) is 5.75 Å². The summed E-state index contributed by atoms with van der Waals surface area (Å²) in [4.78, 5) is 26.6. The first kappa shape index (κ1) is 19.5. The fraction of sp³-hybridized carbons (Fsp3) is 0.158. The van der Waals surface area contributed by atoms with E-state index in [1.54, 1.807) is 37.3 Å². The van der Waals surface area contributed by atoms with Gasteiger partial charge in [-0.15, -0.1) is 0 Å². The Kier molecular flexibility index (Phi) is 5.38. The Bertz CT molecular complexity index is 1000. The number of aryl methyl sites for hydroxylation is 2. The first-order chi connectivity index (χ1) is 12.7. The Balaban J connectivity index is 2.01. The number of hydrogen-bond donors (Lipinski definition) is 1. The lowest BCUT2D eigenvalue weighted by molar-refractivity contribution is -0.120. The van der Waals surface area contributed by atoms with Gasteiger partial charge in [-0.25, -0.2) is 4.90 Å². The summed E-state index contributed by atoms with van der Waals surface area (Å²) in [7, 11) is 1.43. The number of hydrogen-bond acceptors (Lipinski definition) is 4. The number of nitrogens with one attached hydrogen (secondary N) is 1. The number of rotatable bonds is 4. The molecule has 0 saturated heterocycles. The molecule has 8 heteroatoms. The molecule has 0 unspecified atom stereocenters. The van der Waals surface area contributed by atoms with Gasteiger partial charge < -0.3 is 10.1 Å². The molecule has 1 aliphatic heterocycles. The number of imide groups is 1. The maximum Gasteiger partial charge on any atom is 0.283 e. The molecule has 0 bridgehead atoms. The molecule has 2 amide bonds. The Labute approximate surface area is 171 Å². The lowest BCUT2D eigenvalue weighted by Gasteiger charge is -2.19. The Morgan fingerprint density at radius 3 is 2.30 bits per heavy atom. The second-order valence-corrected chi connectivity index (χ2v) is 7.21. The van der Waals surface area contributed by atoms with Crippen LogP contribution < -0.4 is 15.0 Å². The minimum atomic E-state index is -0.643. The van der Waals surface area contributed by atoms with E-state index in [1.165, 1.54) is 7.11 Å². The van der Waals surface area contributed by atoms with E-state index in [0.717, 1.165) is 10.5 Å². The van der Waals surface area contributed by atoms with Gasteiger partial charge in [-0.1, -0.05) is 34.8 Å². The average molecular weight is 426 g/mol. The highest BCUT2D eigenvalue weighted by Crippen LogP contribution is 2.38. The molecule has 5 nitrogen and oxygen atoms in total. The van der Waals surface area contributed by atoms with Gasteiger partial charge >= 0.3 is 0 Å². The van der Waals surface area contributed by atoms with Crippen molar-refractivity contribution in [2.75, 3.05) is 17.3 Å². The smallest absolute Gasteiger partial charge is 0.283 e. The summed E-state index contributed by atoms with van der Waals surface area (Å²) in [6, 6.07) is 8.29. The van der Waals surface area contributed by atoms with Crippen molar-refractivity contribution in [3.05, 3.63) is 62.2 Å². The number of carbonyl (C=O) groups excluding carboxylic acids is 2. The summed E-state index contributed by atoms with van der Waals surface area (Å²) < 4.78 is 5.28. The van der Waals surface area contributed by atoms with Crippen LogP contribution in [-0.4, -0.2) is 18.9 Å². The third kappa shape index (κ3) is 3.50. The summed E-state index contributed by atoms with van der Waals surface area (Å²) in [5, 5.41) is 3.76. The molecular weight excluding hydrogens is 411 g/mol. The van der Waals surface area contributed by atoms with Gasteiger partial charge in [-0.05, 0) is 49.2 Å². The van der Waals surface area contributed by atoms with E-state index in [0.29, 0.717) is 27.0 Å². The van der Waals surface area contributed by atoms with Crippen LogP contribution in [0.2, 0.25) is 10.0 Å². The van der Waals surface area contributed by atoms with Crippen LogP contribution >= 0.6 is 34.8 Å². The van der Waals surface area contributed by atoms with Crippen LogP contribution in [0.5, 0.6) is 5.75 Å². The zero-order chi connectivity index (χ0) is 19.9. The average Bonchev–Trinajstić information content (AvgIpc) is 2.82. The quantitative estimate of drug-likeness (QED) is 0.696. The highest BCUT2D eigenvalue weighted by atomic mass is 35.5. The van der Waals surface area contributed by atoms with E-state index in [-0.39, 0.29) is 16.4 Å². The van der Waals surface area contributed by atoms with Crippen LogP contribution in [0.1, 0.15) is 11.1 Å². The molecule has 2 aromatic carbocycles. The minimum Gasteiger partial charge on any atom is -0.494 e. The molecule has 0 saturated carbocycles. The van der Waals surface area contributed by atoms with Crippen molar-refractivity contribution in [2.24, 2.45) is 0 Å². The minimum absolute atomic E-state index is 0.0123. The number of anilines is 2. The third-order valence-electron chi connectivity index (χ3n) is 4.18. The number of amides is 2. The zero-order valence-electron chi connectivity index (χ0n) is 14.7. The lowest BCUT2D eigenvalue weighted by atomic mass is 10.2. The van der Waals surface area contributed by atoms with Gasteiger partial charge in [0.05, 0.1) is 12.8 Å². The molecule has 140 valence electrons. The second kappa shape index (κ2) is 7.43. The van der Waals surface area contributed by atoms with Crippen LogP contribution in [0.25, 0.3) is 0 Å². The normalized spacial score (nSPS) is 14.2. The van der Waals surface area contributed by atoms with E-state index < -0.39 is 11.8 Å². The van der Waals surface area contributed by atoms with Gasteiger partial charge in [0.1, 0.15) is 16.5 Å². The summed E-state index contributed by atoms with van der Waals surface area (Å²) in [6.07, 6.45) is 0. The maximum atomic E-state index is 13.0. The van der Waals surface area contributed by atoms with Crippen LogP contribution in [0.4, 0.5) is 11.4 Å². The molecule has 1 N–H and O–H groups in total. The van der Waals surface area contributed by atoms with E-state index in [2.05, 4.69) is 5.32 Å². The number of nitrogens with zero attached hydrogens (tertiary/aromatic N) is 1. The van der Waals surface area contributed by atoms with Crippen molar-refractivity contribution < 1.29 is 14.3 Å². The third-order valence-corrected chi connectivity index (χ3v) is 5.17. The maximum absolute atomic E-state index is 13.0. The number of carbonyl (C=O) groups is 2. The highest BCUT2D eigenvalue weighted by molar-refractivity contribution is 6.53. The van der Waals surface area contributed by atoms with Crippen molar-refractivity contribution >= 4 is 58.0 Å². The molecule has 3 rings (SSSR count). The van der Waals surface area contributed by atoms with Gasteiger partial charge in [0.25, 0.3) is 11.8 Å². The summed E-state index contributed by atoms with van der Waals surface area (Å²) in [6.45, 7) is 3.59. The van der Waals surface area contributed by atoms with E-state index in [9.17, 15) is 9.59 Å². The predicted octanol–water partition coefficient (Wildman–Crippen LogP) is 5.05. The number of halogens is 3. The first-order valence-corrected chi connectivity index (χ1v) is 9.04. The molecule has 0 aromatic heterocycles. The SMILES string of the molecule is COc1cc(Cl)c(C)cc1N1C(=O)C(Cl)=C(Nc2ccc(Cl)cc2C)C1=O. The van der Waals surface area contributed by atoms with Crippen molar-refractivity contribution in [1.82, 2.24) is 0 Å². The topological polar surface area (TPSA) is 58.6 Å². The highest BCUT2D eigenvalue weighted by Gasteiger charge is 2.40. The first-order valence-electron chi connectivity index (χ1n) is 7.90. The van der Waals surface area contributed by atoms with Crippen LogP contribution in [-0.2, 0) is 9.59 Å². The van der Waals surface area contributed by atoms with Gasteiger partial charge in [0, 0.05) is 21.8 Å². The summed E-state index contributed by atoms with van der Waals surface area (Å²) in [5.41, 5.74) is 2.38. The molecule has 1 aliphatic rings. The monoisotopic (exact) mass is 424 g/mol. The van der Waals surface area contributed by atoms with E-state index in [4.69, 9.17) is 39.5 Å². The molecular formula is C19H15Cl3N2O3. The molecule has 0 atom stereocenters. The standard InChI is InChI=1S/C19H15Cl3N2O3/c1-9-7-14(15(27-3)8-12(9)21)24-18(25)16(22)17(19(24)26)23-13-5-4-11(20)6-10(13)2/h4-8,23H,1-3H3. The Morgan fingerprint density at radius 2 is 1.67 bits per heavy atom. The van der Waals surface area contributed by atoms with Gasteiger partial charge in [0.2, 0.25) is 0 Å². The largest absolute Gasteiger partial charge is 0.494 e. The molecule has 0 radical (unpaired) electrons. The predicted molar refractivity (Wildman–Crippen MR) is 108 cm³/mol. The Morgan fingerprint density at radius 1 is 0.963 bits per heavy atom. The molecule has 1 heterocycles. The number of benzene rings is 2. The summed E-state index contributed by atoms with van der Waals surface area (Å²) in [5.74, 6) is -0.934. The van der Waals surface area contributed by atoms with Crippen LogP contribution in [0.3, 0.4) is 0 Å². The van der Waals surface area contributed by atoms with Gasteiger partial charge in [-0.2, -0.15) is 0 Å². The lowest BCUT2D eigenvalue weighted by Crippen LogP contribution is -2.32. The van der Waals surface area contributed by atoms with E-state index >= 15 is 0 Å². The van der Waals surface area contributed by atoms with Crippen LogP contribution in [0.15, 0.2) is 41.1 Å². The molecule has 27 heavy (non-hydrogen) atoms. The number of methoxy groups -OCH3 is 1. The molecule has 0 aliphatic carbocycles. The fourth-order valence-electron chi connectivity index (χ4n) is 2.72. The van der Waals surface area contributed by atoms with Crippen LogP contribution in [0, 0.1) is 13.8 Å². The van der Waals surface area contributed by atoms with Crippen molar-refractivity contribution in [1.29, 1.82) is 0 Å². The van der Waals surface area contributed by atoms with E-state index in [1.807, 2.05) is 6.92 Å². The molecule has 0 spiro atoms. The van der Waals surface area contributed by atoms with Crippen molar-refractivity contribution in [3.63, 3.8) is 0 Å². The van der Waals surface area contributed by atoms with Gasteiger partial charge in [0.15, 0.2) is 0 Å². The summed E-state index contributed by atoms with van der Waals surface area (Å²) >= 11 is 18.2. The number of ether oxygens (including phenoxy) is 1. The molecule has 0 fully saturated rings. The second-order valence-electron chi connectivity index (χ2n) is 5.99. The van der Waals surface area contributed by atoms with Crippen molar-refractivity contribution in [2.45, 2.75) is 13.8 Å². The zero-order valence-corrected chi connectivity index (χ0v) is 17.0. The Hall–Kier alpha value is -2.21. The fourth-order valence-corrected chi connectivity index (χ4v) is 3.31.